The molecule has 0 radical (unpaired) electrons. The molecule has 2 atom stereocenters. The van der Waals surface area contributed by atoms with Crippen molar-refractivity contribution in [1.82, 2.24) is 4.57 Å². The lowest BCUT2D eigenvalue weighted by Crippen LogP contribution is -2.31. The topological polar surface area (TPSA) is 8.17 Å². The van der Waals surface area contributed by atoms with Crippen LogP contribution in [0, 0.1) is 11.8 Å². The molecule has 1 heterocycles. The van der Waals surface area contributed by atoms with Crippen LogP contribution in [-0.2, 0) is 5.41 Å². The number of hydrogen-bond donors (Lipinski definition) is 0. The molecule has 3 aliphatic carbocycles. The highest BCUT2D eigenvalue weighted by molar-refractivity contribution is 6.18. The minimum atomic E-state index is 0.0394. The van der Waals surface area contributed by atoms with Crippen molar-refractivity contribution in [3.8, 4) is 39.1 Å². The molecule has 14 rings (SSSR count). The maximum Gasteiger partial charge on any atom is 0.0547 e. The van der Waals surface area contributed by atoms with Crippen molar-refractivity contribution < 1.29 is 0 Å². The molecule has 2 unspecified atom stereocenters. The van der Waals surface area contributed by atoms with Gasteiger partial charge in [-0.05, 0) is 157 Å². The molecule has 0 N–H and O–H groups in total. The van der Waals surface area contributed by atoms with Crippen LogP contribution < -0.4 is 4.90 Å². The second kappa shape index (κ2) is 18.0. The summed E-state index contributed by atoms with van der Waals surface area (Å²) in [6.45, 7) is 7.16. The fourth-order valence-electron chi connectivity index (χ4n) is 12.9. The molecular formula is C73H58N2. The summed E-state index contributed by atoms with van der Waals surface area (Å²) in [5.41, 5.74) is 21.3. The summed E-state index contributed by atoms with van der Waals surface area (Å²) < 4.78 is 2.52. The lowest BCUT2D eigenvalue weighted by atomic mass is 9.66. The van der Waals surface area contributed by atoms with Gasteiger partial charge in [0.05, 0.1) is 22.4 Å². The second-order valence-electron chi connectivity index (χ2n) is 21.6. The molecule has 0 fully saturated rings. The fourth-order valence-corrected chi connectivity index (χ4v) is 12.9. The number of aromatic nitrogens is 1. The Bertz CT molecular complexity index is 4180. The van der Waals surface area contributed by atoms with Crippen molar-refractivity contribution in [3.05, 3.63) is 271 Å². The molecule has 2 bridgehead atoms. The first-order valence-corrected chi connectivity index (χ1v) is 26.9. The zero-order valence-corrected chi connectivity index (χ0v) is 42.8. The molecule has 0 saturated carbocycles. The lowest BCUT2D eigenvalue weighted by molar-refractivity contribution is 0.358. The molecule has 3 aliphatic rings. The number of anilines is 2. The predicted octanol–water partition coefficient (Wildman–Crippen LogP) is 19.9. The number of benzene rings is 10. The molecule has 0 amide bonds. The highest BCUT2D eigenvalue weighted by Gasteiger charge is 2.38. The first-order valence-electron chi connectivity index (χ1n) is 26.9. The summed E-state index contributed by atoms with van der Waals surface area (Å²) in [7, 11) is 0. The average molecular weight is 963 g/mol. The molecule has 0 spiro atoms. The van der Waals surface area contributed by atoms with Crippen LogP contribution in [0.2, 0.25) is 0 Å². The minimum absolute atomic E-state index is 0.0394. The van der Waals surface area contributed by atoms with E-state index in [1.54, 1.807) is 0 Å². The van der Waals surface area contributed by atoms with E-state index >= 15 is 0 Å². The average Bonchev–Trinajstić information content (AvgIpc) is 3.65. The van der Waals surface area contributed by atoms with Crippen LogP contribution in [0.25, 0.3) is 93.6 Å². The second-order valence-corrected chi connectivity index (χ2v) is 21.6. The number of nitrogens with zero attached hydrogens (tertiary/aromatic N) is 2. The molecule has 11 aromatic rings. The van der Waals surface area contributed by atoms with Gasteiger partial charge < -0.3 is 9.47 Å². The first-order chi connectivity index (χ1) is 36.9. The van der Waals surface area contributed by atoms with Crippen molar-refractivity contribution in [2.24, 2.45) is 11.8 Å². The smallest absolute Gasteiger partial charge is 0.0547 e. The van der Waals surface area contributed by atoms with Crippen molar-refractivity contribution in [3.63, 3.8) is 0 Å². The zero-order valence-electron chi connectivity index (χ0n) is 42.8. The summed E-state index contributed by atoms with van der Waals surface area (Å²) in [4.78, 5) is 2.57. The highest BCUT2D eigenvalue weighted by Crippen LogP contribution is 2.50. The van der Waals surface area contributed by atoms with Crippen LogP contribution in [0.3, 0.4) is 0 Å². The molecule has 0 saturated heterocycles. The molecule has 75 heavy (non-hydrogen) atoms. The minimum Gasteiger partial charge on any atom is -0.314 e. The van der Waals surface area contributed by atoms with Gasteiger partial charge >= 0.3 is 0 Å². The number of fused-ring (bicyclic) bond motifs is 8. The van der Waals surface area contributed by atoms with Gasteiger partial charge in [-0.1, -0.05) is 221 Å². The third-order valence-electron chi connectivity index (χ3n) is 16.9. The molecule has 1 aromatic heterocycles. The zero-order chi connectivity index (χ0) is 50.2. The lowest BCUT2D eigenvalue weighted by Gasteiger charge is -2.38. The Kier molecular flexibility index (Phi) is 10.8. The summed E-state index contributed by atoms with van der Waals surface area (Å²) in [5.74, 6) is 0.990. The van der Waals surface area contributed by atoms with Gasteiger partial charge in [0.15, 0.2) is 0 Å². The molecule has 2 nitrogen and oxygen atoms in total. The first kappa shape index (κ1) is 44.9. The third kappa shape index (κ3) is 7.53. The van der Waals surface area contributed by atoms with E-state index in [0.29, 0.717) is 11.8 Å². The molecule has 2 heteroatoms. The van der Waals surface area contributed by atoms with E-state index in [0.717, 1.165) is 24.9 Å². The maximum absolute atomic E-state index is 2.57. The monoisotopic (exact) mass is 962 g/mol. The summed E-state index contributed by atoms with van der Waals surface area (Å²) in [5, 5.41) is 7.44. The third-order valence-corrected chi connectivity index (χ3v) is 16.9. The predicted molar refractivity (Wildman–Crippen MR) is 320 cm³/mol. The molecule has 10 aromatic carbocycles. The SMILES string of the molecule is CC1C=CC(c2ccc3c(c2)c2c(-c4ccccc4)cccc2n3-c2ccc(-c3ccc(N(C4=CC5=CC(CC4)C(C)(C)c4ccccc45)c4ccc(-c5ccccc5)cc4)c4ccccc34)c3ccccc23)=CC1. The van der Waals surface area contributed by atoms with E-state index in [4.69, 9.17) is 0 Å². The largest absolute Gasteiger partial charge is 0.314 e. The highest BCUT2D eigenvalue weighted by atomic mass is 15.2. The number of hydrogen-bond acceptors (Lipinski definition) is 1. The van der Waals surface area contributed by atoms with Crippen LogP contribution in [0.5, 0.6) is 0 Å². The summed E-state index contributed by atoms with van der Waals surface area (Å²) in [6.07, 6.45) is 15.2. The summed E-state index contributed by atoms with van der Waals surface area (Å²) in [6, 6.07) is 81.6. The maximum atomic E-state index is 2.57. The number of allylic oxidation sites excluding steroid dienone is 8. The van der Waals surface area contributed by atoms with Crippen LogP contribution in [0.15, 0.2) is 254 Å². The van der Waals surface area contributed by atoms with Gasteiger partial charge in [-0.15, -0.1) is 0 Å². The van der Waals surface area contributed by atoms with E-state index < -0.39 is 0 Å². The Hall–Kier alpha value is -8.72. The Labute approximate surface area is 440 Å². The standard InChI is InChI=1S/C73H58N2/c1-48-29-31-51(32-30-48)53-35-42-70-66(47-53)72-59(52-19-8-5-9-20-52)26-16-28-71(72)75(70)69-44-41-63(61-23-11-13-25-65(61)69)62-40-43-68(64-24-12-10-22-60(62)64)74(56-37-33-50(34-38-56)49-17-6-4-7-18-49)57-39-36-55-45-54(46-57)58-21-14-15-27-67(58)73(55,2)3/h4-29,31-35,37-38,40-48,55H,30,36,39H2,1-3H3. The normalized spacial score (nSPS) is 16.9. The van der Waals surface area contributed by atoms with Crippen LogP contribution in [-0.4, -0.2) is 4.57 Å². The molecular weight excluding hydrogens is 905 g/mol. The van der Waals surface area contributed by atoms with Crippen LogP contribution >= 0.6 is 0 Å². The van der Waals surface area contributed by atoms with E-state index in [-0.39, 0.29) is 5.41 Å². The van der Waals surface area contributed by atoms with Crippen molar-refractivity contribution in [2.75, 3.05) is 4.90 Å². The van der Waals surface area contributed by atoms with E-state index in [1.165, 1.54) is 122 Å². The van der Waals surface area contributed by atoms with Crippen molar-refractivity contribution in [2.45, 2.75) is 45.4 Å². The van der Waals surface area contributed by atoms with E-state index in [2.05, 4.69) is 279 Å². The molecule has 0 aliphatic heterocycles. The Morgan fingerprint density at radius 1 is 0.493 bits per heavy atom. The Morgan fingerprint density at radius 2 is 1.13 bits per heavy atom. The van der Waals surface area contributed by atoms with Crippen LogP contribution in [0.1, 0.15) is 56.7 Å². The Morgan fingerprint density at radius 3 is 1.89 bits per heavy atom. The van der Waals surface area contributed by atoms with Gasteiger partial charge in [-0.3, -0.25) is 0 Å². The van der Waals surface area contributed by atoms with Gasteiger partial charge in [0.1, 0.15) is 0 Å². The van der Waals surface area contributed by atoms with Crippen LogP contribution in [0.4, 0.5) is 11.4 Å². The molecule has 360 valence electrons. The van der Waals surface area contributed by atoms with Gasteiger partial charge in [0, 0.05) is 32.9 Å². The van der Waals surface area contributed by atoms with E-state index in [1.807, 2.05) is 0 Å². The van der Waals surface area contributed by atoms with Gasteiger partial charge in [-0.25, -0.2) is 0 Å². The quantitative estimate of drug-likeness (QED) is 0.147. The number of rotatable bonds is 8. The van der Waals surface area contributed by atoms with Gasteiger partial charge in [0.25, 0.3) is 0 Å². The van der Waals surface area contributed by atoms with Crippen molar-refractivity contribution in [1.29, 1.82) is 0 Å². The Balaban J connectivity index is 0.938. The summed E-state index contributed by atoms with van der Waals surface area (Å²) >= 11 is 0. The van der Waals surface area contributed by atoms with E-state index in [9.17, 15) is 0 Å². The fraction of sp³-hybridized carbons (Fsp3) is 0.123. The van der Waals surface area contributed by atoms with Crippen molar-refractivity contribution >= 4 is 65.9 Å². The van der Waals surface area contributed by atoms with Gasteiger partial charge in [-0.2, -0.15) is 0 Å². The van der Waals surface area contributed by atoms with Gasteiger partial charge in [0.2, 0.25) is 0 Å².